The zero-order valence-corrected chi connectivity index (χ0v) is 18.6. The minimum absolute atomic E-state index is 0.00572. The van der Waals surface area contributed by atoms with Crippen LogP contribution in [0, 0.1) is 5.92 Å². The van der Waals surface area contributed by atoms with Crippen molar-refractivity contribution >= 4 is 39.3 Å². The van der Waals surface area contributed by atoms with Gasteiger partial charge in [-0.15, -0.1) is 0 Å². The molecule has 0 radical (unpaired) electrons. The Morgan fingerprint density at radius 3 is 2.44 bits per heavy atom. The van der Waals surface area contributed by atoms with Crippen LogP contribution < -0.4 is 15.8 Å². The van der Waals surface area contributed by atoms with Gasteiger partial charge in [-0.05, 0) is 48.6 Å². The fourth-order valence-corrected chi connectivity index (χ4v) is 4.27. The monoisotopic (exact) mass is 459 g/mol. The van der Waals surface area contributed by atoms with Crippen molar-refractivity contribution in [3.05, 3.63) is 53.7 Å². The Kier molecular flexibility index (Phi) is 6.78. The minimum atomic E-state index is -3.40. The van der Waals surface area contributed by atoms with Crippen molar-refractivity contribution in [1.29, 1.82) is 0 Å². The zero-order valence-electron chi connectivity index (χ0n) is 17.7. The molecule has 2 aromatic rings. The maximum Gasteiger partial charge on any atom is 0.315 e. The Hall–Kier alpha value is -3.47. The molecule has 0 bridgehead atoms. The van der Waals surface area contributed by atoms with Crippen LogP contribution in [0.5, 0.6) is 0 Å². The van der Waals surface area contributed by atoms with Gasteiger partial charge in [-0.3, -0.25) is 19.1 Å². The normalized spacial score (nSPS) is 18.6. The SMILES string of the molecule is C[C@@H]1CC[C@@H](c2ccc(NS(C)(=O)=O)cc2)N(C(=O)C(=O)Nc2ncccc2C(N)=O)C1. The van der Waals surface area contributed by atoms with Crippen LogP contribution >= 0.6 is 0 Å². The van der Waals surface area contributed by atoms with E-state index in [1.165, 1.54) is 23.2 Å². The molecule has 0 unspecified atom stereocenters. The molecular weight excluding hydrogens is 434 g/mol. The number of benzene rings is 1. The first-order valence-corrected chi connectivity index (χ1v) is 11.9. The first-order chi connectivity index (χ1) is 15.0. The third-order valence-electron chi connectivity index (χ3n) is 5.18. The summed E-state index contributed by atoms with van der Waals surface area (Å²) in [7, 11) is -3.40. The fraction of sp³-hybridized carbons (Fsp3) is 0.333. The summed E-state index contributed by atoms with van der Waals surface area (Å²) >= 11 is 0. The average Bonchev–Trinajstić information content (AvgIpc) is 2.73. The number of primary amides is 1. The number of carbonyl (C=O) groups is 3. The first-order valence-electron chi connectivity index (χ1n) is 9.99. The van der Waals surface area contributed by atoms with Crippen LogP contribution in [0.1, 0.15) is 41.7 Å². The second-order valence-corrected chi connectivity index (χ2v) is 9.62. The van der Waals surface area contributed by atoms with Crippen LogP contribution in [-0.4, -0.2) is 48.8 Å². The lowest BCUT2D eigenvalue weighted by molar-refractivity contribution is -0.146. The number of piperidine rings is 1. The van der Waals surface area contributed by atoms with Crippen LogP contribution in [0.4, 0.5) is 11.5 Å². The van der Waals surface area contributed by atoms with E-state index in [1.54, 1.807) is 24.3 Å². The van der Waals surface area contributed by atoms with Gasteiger partial charge in [0.2, 0.25) is 10.0 Å². The standard InChI is InChI=1S/C21H25N5O5S/c1-13-5-10-17(14-6-8-15(9-7-14)25-32(2,30)31)26(12-13)21(29)20(28)24-19-16(18(22)27)4-3-11-23-19/h3-4,6-9,11,13,17,25H,5,10,12H2,1-2H3,(H2,22,27)(H,23,24,28)/t13-,17+/m1/s1. The topological polar surface area (TPSA) is 152 Å². The van der Waals surface area contributed by atoms with E-state index >= 15 is 0 Å². The third-order valence-corrected chi connectivity index (χ3v) is 5.78. The number of nitrogens with two attached hydrogens (primary N) is 1. The number of nitrogens with zero attached hydrogens (tertiary/aromatic N) is 2. The molecule has 1 aliphatic rings. The number of nitrogens with one attached hydrogen (secondary N) is 2. The Morgan fingerprint density at radius 2 is 1.81 bits per heavy atom. The number of pyridine rings is 1. The molecule has 3 amide bonds. The Labute approximate surface area is 186 Å². The number of amides is 3. The van der Waals surface area contributed by atoms with Gasteiger partial charge in [0.05, 0.1) is 17.9 Å². The van der Waals surface area contributed by atoms with Crippen LogP contribution in [0.25, 0.3) is 0 Å². The molecule has 1 fully saturated rings. The molecular formula is C21H25N5O5S. The van der Waals surface area contributed by atoms with Crippen molar-refractivity contribution in [1.82, 2.24) is 9.88 Å². The highest BCUT2D eigenvalue weighted by Crippen LogP contribution is 2.34. The van der Waals surface area contributed by atoms with Crippen molar-refractivity contribution in [3.8, 4) is 0 Å². The number of carbonyl (C=O) groups excluding carboxylic acids is 3. The maximum absolute atomic E-state index is 13.0. The molecule has 0 spiro atoms. The van der Waals surface area contributed by atoms with E-state index in [1.807, 2.05) is 6.92 Å². The van der Waals surface area contributed by atoms with Gasteiger partial charge in [0.15, 0.2) is 0 Å². The Bertz CT molecular complexity index is 1130. The van der Waals surface area contributed by atoms with Crippen molar-refractivity contribution in [2.75, 3.05) is 22.8 Å². The van der Waals surface area contributed by atoms with Crippen LogP contribution in [0.15, 0.2) is 42.6 Å². The first kappa shape index (κ1) is 23.2. The number of hydrogen-bond acceptors (Lipinski definition) is 6. The molecule has 32 heavy (non-hydrogen) atoms. The van der Waals surface area contributed by atoms with Crippen LogP contribution in [0.3, 0.4) is 0 Å². The van der Waals surface area contributed by atoms with E-state index in [2.05, 4.69) is 15.0 Å². The number of hydrogen-bond donors (Lipinski definition) is 3. The third kappa shape index (κ3) is 5.61. The second kappa shape index (κ2) is 9.35. The summed E-state index contributed by atoms with van der Waals surface area (Å²) in [6.45, 7) is 2.38. The lowest BCUT2D eigenvalue weighted by Crippen LogP contribution is -2.46. The summed E-state index contributed by atoms with van der Waals surface area (Å²) in [4.78, 5) is 42.8. The predicted octanol–water partition coefficient (Wildman–Crippen LogP) is 1.49. The average molecular weight is 460 g/mol. The molecule has 11 heteroatoms. The second-order valence-electron chi connectivity index (χ2n) is 7.87. The number of anilines is 2. The quantitative estimate of drug-likeness (QED) is 0.576. The molecule has 2 atom stereocenters. The number of likely N-dealkylation sites (tertiary alicyclic amines) is 1. The lowest BCUT2D eigenvalue weighted by Gasteiger charge is -2.38. The van der Waals surface area contributed by atoms with E-state index in [0.29, 0.717) is 18.7 Å². The van der Waals surface area contributed by atoms with Gasteiger partial charge in [-0.25, -0.2) is 13.4 Å². The van der Waals surface area contributed by atoms with E-state index < -0.39 is 27.7 Å². The summed E-state index contributed by atoms with van der Waals surface area (Å²) in [6.07, 6.45) is 3.96. The van der Waals surface area contributed by atoms with Gasteiger partial charge in [-0.1, -0.05) is 19.1 Å². The molecule has 1 saturated heterocycles. The number of rotatable bonds is 5. The molecule has 170 valence electrons. The predicted molar refractivity (Wildman–Crippen MR) is 119 cm³/mol. The molecule has 1 aromatic heterocycles. The summed E-state index contributed by atoms with van der Waals surface area (Å²) in [5.74, 6) is -2.31. The van der Waals surface area contributed by atoms with Gasteiger partial charge in [0.1, 0.15) is 5.82 Å². The molecule has 1 aromatic carbocycles. The highest BCUT2D eigenvalue weighted by atomic mass is 32.2. The summed E-state index contributed by atoms with van der Waals surface area (Å²) in [5, 5.41) is 2.39. The molecule has 1 aliphatic heterocycles. The van der Waals surface area contributed by atoms with Crippen molar-refractivity contribution in [3.63, 3.8) is 0 Å². The molecule has 2 heterocycles. The molecule has 3 rings (SSSR count). The van der Waals surface area contributed by atoms with E-state index in [0.717, 1.165) is 18.2 Å². The zero-order chi connectivity index (χ0) is 23.5. The highest BCUT2D eigenvalue weighted by molar-refractivity contribution is 7.92. The van der Waals surface area contributed by atoms with Gasteiger partial charge in [0.25, 0.3) is 5.91 Å². The number of sulfonamides is 1. The fourth-order valence-electron chi connectivity index (χ4n) is 3.71. The van der Waals surface area contributed by atoms with Gasteiger partial charge < -0.3 is 16.0 Å². The Balaban J connectivity index is 1.81. The summed E-state index contributed by atoms with van der Waals surface area (Å²) in [6, 6.07) is 9.26. The molecule has 10 nitrogen and oxygen atoms in total. The van der Waals surface area contributed by atoms with Crippen molar-refractivity contribution < 1.29 is 22.8 Å². The van der Waals surface area contributed by atoms with Gasteiger partial charge in [0, 0.05) is 18.4 Å². The maximum atomic E-state index is 13.0. The van der Waals surface area contributed by atoms with Crippen molar-refractivity contribution in [2.45, 2.75) is 25.8 Å². The van der Waals surface area contributed by atoms with E-state index in [4.69, 9.17) is 5.73 Å². The van der Waals surface area contributed by atoms with Crippen LogP contribution in [0.2, 0.25) is 0 Å². The van der Waals surface area contributed by atoms with Crippen LogP contribution in [-0.2, 0) is 19.6 Å². The Morgan fingerprint density at radius 1 is 1.12 bits per heavy atom. The lowest BCUT2D eigenvalue weighted by atomic mass is 9.89. The summed E-state index contributed by atoms with van der Waals surface area (Å²) in [5.41, 5.74) is 6.51. The molecule has 0 saturated carbocycles. The van der Waals surface area contributed by atoms with Crippen molar-refractivity contribution in [2.24, 2.45) is 11.7 Å². The molecule has 0 aliphatic carbocycles. The van der Waals surface area contributed by atoms with Gasteiger partial charge in [-0.2, -0.15) is 0 Å². The summed E-state index contributed by atoms with van der Waals surface area (Å²) < 4.78 is 25.2. The van der Waals surface area contributed by atoms with E-state index in [-0.39, 0.29) is 23.3 Å². The molecule has 4 N–H and O–H groups in total. The highest BCUT2D eigenvalue weighted by Gasteiger charge is 2.34. The van der Waals surface area contributed by atoms with Gasteiger partial charge >= 0.3 is 11.8 Å². The van der Waals surface area contributed by atoms with E-state index in [9.17, 15) is 22.8 Å². The smallest absolute Gasteiger partial charge is 0.315 e. The minimum Gasteiger partial charge on any atom is -0.365 e. The number of aromatic nitrogens is 1. The largest absolute Gasteiger partial charge is 0.365 e.